The van der Waals surface area contributed by atoms with Gasteiger partial charge in [-0.1, -0.05) is 0 Å². The summed E-state index contributed by atoms with van der Waals surface area (Å²) in [6.45, 7) is 1.73. The molecule has 1 amide bonds. The van der Waals surface area contributed by atoms with Crippen LogP contribution in [0.15, 0.2) is 24.5 Å². The van der Waals surface area contributed by atoms with Crippen molar-refractivity contribution in [2.45, 2.75) is 31.7 Å². The normalized spacial score (nSPS) is 17.8. The van der Waals surface area contributed by atoms with Crippen molar-refractivity contribution in [1.29, 1.82) is 0 Å². The van der Waals surface area contributed by atoms with Gasteiger partial charge in [-0.25, -0.2) is 0 Å². The maximum Gasteiger partial charge on any atom is 0.239 e. The predicted molar refractivity (Wildman–Crippen MR) is 66.3 cm³/mol. The number of hydrogen-bond donors (Lipinski definition) is 1. The van der Waals surface area contributed by atoms with Crippen LogP contribution in [0.25, 0.3) is 0 Å². The van der Waals surface area contributed by atoms with Crippen molar-refractivity contribution in [1.82, 2.24) is 9.88 Å². The van der Waals surface area contributed by atoms with Gasteiger partial charge in [-0.05, 0) is 43.4 Å². The number of pyridine rings is 1. The van der Waals surface area contributed by atoms with Crippen LogP contribution in [0.2, 0.25) is 0 Å². The molecule has 1 aliphatic rings. The Labute approximate surface area is 102 Å². The van der Waals surface area contributed by atoms with Crippen LogP contribution in [0.1, 0.15) is 24.8 Å². The standard InChI is InChI=1S/C13H19N3O/c14-12(10-11-4-6-15-7-5-11)13(17)16-8-2-1-3-9-16/h4-7,12H,1-3,8-10,14H2/t12-/m1/s1. The van der Waals surface area contributed by atoms with Crippen LogP contribution < -0.4 is 5.73 Å². The summed E-state index contributed by atoms with van der Waals surface area (Å²) in [4.78, 5) is 17.9. The summed E-state index contributed by atoms with van der Waals surface area (Å²) in [5.41, 5.74) is 7.04. The molecule has 17 heavy (non-hydrogen) atoms. The molecular weight excluding hydrogens is 214 g/mol. The van der Waals surface area contributed by atoms with E-state index in [-0.39, 0.29) is 5.91 Å². The van der Waals surface area contributed by atoms with Crippen molar-refractivity contribution in [3.05, 3.63) is 30.1 Å². The van der Waals surface area contributed by atoms with Crippen LogP contribution in [-0.4, -0.2) is 34.9 Å². The van der Waals surface area contributed by atoms with Crippen LogP contribution in [0.3, 0.4) is 0 Å². The van der Waals surface area contributed by atoms with Gasteiger partial charge in [-0.15, -0.1) is 0 Å². The highest BCUT2D eigenvalue weighted by molar-refractivity contribution is 5.82. The van der Waals surface area contributed by atoms with Crippen molar-refractivity contribution >= 4 is 5.91 Å². The number of carbonyl (C=O) groups is 1. The van der Waals surface area contributed by atoms with Crippen LogP contribution in [0.4, 0.5) is 0 Å². The molecule has 0 bridgehead atoms. The maximum atomic E-state index is 12.1. The van der Waals surface area contributed by atoms with Gasteiger partial charge in [0.2, 0.25) is 5.91 Å². The molecule has 0 aromatic carbocycles. The lowest BCUT2D eigenvalue weighted by molar-refractivity contribution is -0.133. The average molecular weight is 233 g/mol. The number of carbonyl (C=O) groups excluding carboxylic acids is 1. The van der Waals surface area contributed by atoms with Gasteiger partial charge in [0.05, 0.1) is 6.04 Å². The summed E-state index contributed by atoms with van der Waals surface area (Å²) in [7, 11) is 0. The Morgan fingerprint density at radius 3 is 2.59 bits per heavy atom. The second-order valence-corrected chi connectivity index (χ2v) is 4.55. The Bertz CT molecular complexity index is 360. The number of amides is 1. The highest BCUT2D eigenvalue weighted by Crippen LogP contribution is 2.11. The lowest BCUT2D eigenvalue weighted by Gasteiger charge is -2.29. The van der Waals surface area contributed by atoms with E-state index >= 15 is 0 Å². The van der Waals surface area contributed by atoms with Gasteiger partial charge in [-0.3, -0.25) is 9.78 Å². The zero-order valence-electron chi connectivity index (χ0n) is 10.0. The van der Waals surface area contributed by atoms with Crippen LogP contribution in [0, 0.1) is 0 Å². The van der Waals surface area contributed by atoms with E-state index in [9.17, 15) is 4.79 Å². The fraction of sp³-hybridized carbons (Fsp3) is 0.538. The first-order valence-electron chi connectivity index (χ1n) is 6.20. The Morgan fingerprint density at radius 2 is 1.94 bits per heavy atom. The number of likely N-dealkylation sites (tertiary alicyclic amines) is 1. The molecule has 1 atom stereocenters. The number of piperidine rings is 1. The quantitative estimate of drug-likeness (QED) is 0.846. The van der Waals surface area contributed by atoms with E-state index in [1.54, 1.807) is 12.4 Å². The number of hydrogen-bond acceptors (Lipinski definition) is 3. The lowest BCUT2D eigenvalue weighted by Crippen LogP contribution is -2.46. The molecule has 0 radical (unpaired) electrons. The van der Waals surface area contributed by atoms with Gasteiger partial charge in [0.25, 0.3) is 0 Å². The maximum absolute atomic E-state index is 12.1. The molecule has 92 valence electrons. The van der Waals surface area contributed by atoms with Gasteiger partial charge in [0.1, 0.15) is 0 Å². The van der Waals surface area contributed by atoms with Gasteiger partial charge in [0.15, 0.2) is 0 Å². The van der Waals surface area contributed by atoms with Gasteiger partial charge >= 0.3 is 0 Å². The Balaban J connectivity index is 1.90. The second kappa shape index (κ2) is 5.77. The Hall–Kier alpha value is -1.42. The summed E-state index contributed by atoms with van der Waals surface area (Å²) in [5, 5.41) is 0. The summed E-state index contributed by atoms with van der Waals surface area (Å²) >= 11 is 0. The van der Waals surface area contributed by atoms with Crippen molar-refractivity contribution in [2.24, 2.45) is 5.73 Å². The highest BCUT2D eigenvalue weighted by Gasteiger charge is 2.22. The molecule has 1 aromatic heterocycles. The van der Waals surface area contributed by atoms with E-state index in [1.807, 2.05) is 17.0 Å². The molecule has 1 fully saturated rings. The summed E-state index contributed by atoms with van der Waals surface area (Å²) in [5.74, 6) is 0.0847. The Kier molecular flexibility index (Phi) is 4.09. The molecule has 1 aliphatic heterocycles. The monoisotopic (exact) mass is 233 g/mol. The molecular formula is C13H19N3O. The van der Waals surface area contributed by atoms with E-state index in [4.69, 9.17) is 5.73 Å². The molecule has 4 nitrogen and oxygen atoms in total. The van der Waals surface area contributed by atoms with Gasteiger partial charge < -0.3 is 10.6 Å². The summed E-state index contributed by atoms with van der Waals surface area (Å²) in [6.07, 6.45) is 7.49. The molecule has 1 saturated heterocycles. The molecule has 0 aliphatic carbocycles. The fourth-order valence-electron chi connectivity index (χ4n) is 2.21. The second-order valence-electron chi connectivity index (χ2n) is 4.55. The minimum absolute atomic E-state index is 0.0847. The van der Waals surface area contributed by atoms with Crippen LogP contribution in [-0.2, 0) is 11.2 Å². The van der Waals surface area contributed by atoms with Crippen molar-refractivity contribution < 1.29 is 4.79 Å². The van der Waals surface area contributed by atoms with Crippen LogP contribution >= 0.6 is 0 Å². The number of aromatic nitrogens is 1. The average Bonchev–Trinajstić information content (AvgIpc) is 2.40. The van der Waals surface area contributed by atoms with E-state index in [0.717, 1.165) is 31.5 Å². The molecule has 4 heteroatoms. The molecule has 1 aromatic rings. The van der Waals surface area contributed by atoms with Crippen molar-refractivity contribution in [3.63, 3.8) is 0 Å². The van der Waals surface area contributed by atoms with Gasteiger partial charge in [-0.2, -0.15) is 0 Å². The number of nitrogens with zero attached hydrogens (tertiary/aromatic N) is 2. The number of nitrogens with two attached hydrogens (primary N) is 1. The smallest absolute Gasteiger partial charge is 0.239 e. The van der Waals surface area contributed by atoms with Crippen molar-refractivity contribution in [2.75, 3.05) is 13.1 Å². The SMILES string of the molecule is N[C@H](Cc1ccncc1)C(=O)N1CCCCC1. The van der Waals surface area contributed by atoms with Crippen LogP contribution in [0.5, 0.6) is 0 Å². The minimum atomic E-state index is -0.421. The fourth-order valence-corrected chi connectivity index (χ4v) is 2.21. The predicted octanol–water partition coefficient (Wildman–Crippen LogP) is 0.964. The zero-order valence-corrected chi connectivity index (χ0v) is 10.0. The molecule has 2 rings (SSSR count). The molecule has 0 unspecified atom stereocenters. The Morgan fingerprint density at radius 1 is 1.29 bits per heavy atom. The first-order valence-corrected chi connectivity index (χ1v) is 6.20. The largest absolute Gasteiger partial charge is 0.341 e. The molecule has 0 saturated carbocycles. The summed E-state index contributed by atoms with van der Waals surface area (Å²) < 4.78 is 0. The molecule has 0 spiro atoms. The third-order valence-electron chi connectivity index (χ3n) is 3.19. The lowest BCUT2D eigenvalue weighted by atomic mass is 10.0. The summed E-state index contributed by atoms with van der Waals surface area (Å²) in [6, 6.07) is 3.39. The minimum Gasteiger partial charge on any atom is -0.341 e. The van der Waals surface area contributed by atoms with E-state index in [1.165, 1.54) is 6.42 Å². The number of rotatable bonds is 3. The molecule has 2 N–H and O–H groups in total. The third kappa shape index (κ3) is 3.27. The van der Waals surface area contributed by atoms with E-state index in [0.29, 0.717) is 6.42 Å². The topological polar surface area (TPSA) is 59.2 Å². The third-order valence-corrected chi connectivity index (χ3v) is 3.19. The van der Waals surface area contributed by atoms with E-state index < -0.39 is 6.04 Å². The van der Waals surface area contributed by atoms with E-state index in [2.05, 4.69) is 4.98 Å². The van der Waals surface area contributed by atoms with Gasteiger partial charge in [0, 0.05) is 25.5 Å². The highest BCUT2D eigenvalue weighted by atomic mass is 16.2. The zero-order chi connectivity index (χ0) is 12.1. The first kappa shape index (κ1) is 12.0. The van der Waals surface area contributed by atoms with Crippen molar-refractivity contribution in [3.8, 4) is 0 Å². The molecule has 2 heterocycles. The first-order chi connectivity index (χ1) is 8.27.